The second-order valence-corrected chi connectivity index (χ2v) is 7.77. The molecule has 4 amide bonds. The summed E-state index contributed by atoms with van der Waals surface area (Å²) in [5.74, 6) is 5.61. The van der Waals surface area contributed by atoms with E-state index in [-0.39, 0.29) is 12.5 Å². The van der Waals surface area contributed by atoms with Crippen molar-refractivity contribution in [2.45, 2.75) is 12.1 Å². The largest absolute Gasteiger partial charge is 0.497 e. The molecule has 0 bridgehead atoms. The number of carbonyl (C=O) groups excluding carboxylic acids is 3. The third-order valence-corrected chi connectivity index (χ3v) is 5.79. The Kier molecular flexibility index (Phi) is 4.60. The van der Waals surface area contributed by atoms with E-state index in [2.05, 4.69) is 29.1 Å². The Hall–Kier alpha value is -3.57. The van der Waals surface area contributed by atoms with Gasteiger partial charge in [0.2, 0.25) is 5.54 Å². The number of carbonyl (C=O) groups is 3. The van der Waals surface area contributed by atoms with E-state index in [0.29, 0.717) is 17.9 Å². The number of ether oxygens (including phenoxy) is 1. The molecule has 2 aliphatic heterocycles. The van der Waals surface area contributed by atoms with Crippen molar-refractivity contribution in [3.8, 4) is 17.6 Å². The maximum Gasteiger partial charge on any atom is 0.323 e. The molecule has 1 aromatic carbocycles. The summed E-state index contributed by atoms with van der Waals surface area (Å²) in [6, 6.07) is 8.33. The van der Waals surface area contributed by atoms with Gasteiger partial charge in [-0.1, -0.05) is 30.6 Å². The maximum atomic E-state index is 12.9. The Bertz CT molecular complexity index is 1110. The van der Waals surface area contributed by atoms with Gasteiger partial charge in [-0.3, -0.25) is 14.9 Å². The Balaban J connectivity index is 1.64. The van der Waals surface area contributed by atoms with Crippen molar-refractivity contribution in [1.82, 2.24) is 15.5 Å². The number of imide groups is 1. The first-order chi connectivity index (χ1) is 13.9. The van der Waals surface area contributed by atoms with Crippen molar-refractivity contribution < 1.29 is 19.1 Å². The van der Waals surface area contributed by atoms with Crippen molar-refractivity contribution in [2.75, 3.05) is 13.7 Å². The van der Waals surface area contributed by atoms with Crippen LogP contribution in [0, 0.1) is 11.8 Å². The molecule has 1 fully saturated rings. The molecule has 146 valence electrons. The van der Waals surface area contributed by atoms with Crippen molar-refractivity contribution in [1.29, 1.82) is 0 Å². The van der Waals surface area contributed by atoms with Crippen molar-refractivity contribution >= 4 is 35.3 Å². The number of rotatable bonds is 4. The molecular weight excluding hydrogens is 390 g/mol. The molecule has 2 N–H and O–H groups in total. The normalized spacial score (nSPS) is 19.9. The molecule has 29 heavy (non-hydrogen) atoms. The predicted molar refractivity (Wildman–Crippen MR) is 108 cm³/mol. The van der Waals surface area contributed by atoms with Gasteiger partial charge in [-0.25, -0.2) is 4.79 Å². The molecule has 7 nitrogen and oxygen atoms in total. The lowest BCUT2D eigenvalue weighted by atomic mass is 9.99. The number of urea groups is 1. The third-order valence-electron chi connectivity index (χ3n) is 4.79. The fraction of sp³-hybridized carbons (Fsp3) is 0.190. The van der Waals surface area contributed by atoms with Crippen molar-refractivity contribution in [3.05, 3.63) is 57.8 Å². The molecule has 2 aromatic rings. The monoisotopic (exact) mass is 407 g/mol. The summed E-state index contributed by atoms with van der Waals surface area (Å²) in [7, 11) is 1.53. The summed E-state index contributed by atoms with van der Waals surface area (Å²) in [6.45, 7) is 3.98. The molecule has 8 heteroatoms. The highest BCUT2D eigenvalue weighted by Crippen LogP contribution is 2.28. The molecule has 2 aliphatic rings. The molecule has 4 rings (SSSR count). The van der Waals surface area contributed by atoms with Gasteiger partial charge in [0.15, 0.2) is 0 Å². The van der Waals surface area contributed by atoms with E-state index in [0.717, 1.165) is 15.3 Å². The number of methoxy groups -OCH3 is 1. The Morgan fingerprint density at radius 1 is 1.31 bits per heavy atom. The van der Waals surface area contributed by atoms with E-state index < -0.39 is 17.5 Å². The van der Waals surface area contributed by atoms with Crippen LogP contribution in [-0.4, -0.2) is 41.9 Å². The molecule has 0 aliphatic carbocycles. The minimum atomic E-state index is -1.52. The van der Waals surface area contributed by atoms with E-state index in [1.54, 1.807) is 18.2 Å². The van der Waals surface area contributed by atoms with Crippen LogP contribution in [0.25, 0.3) is 6.08 Å². The molecule has 0 saturated carbocycles. The molecule has 1 aromatic heterocycles. The molecular formula is C21H17N3O4S. The second kappa shape index (κ2) is 7.11. The second-order valence-electron chi connectivity index (χ2n) is 6.65. The van der Waals surface area contributed by atoms with Crippen LogP contribution in [0.2, 0.25) is 0 Å². The van der Waals surface area contributed by atoms with Crippen LogP contribution in [0.5, 0.6) is 5.75 Å². The number of hydrogen-bond acceptors (Lipinski definition) is 5. The lowest BCUT2D eigenvalue weighted by Crippen LogP contribution is -2.54. The summed E-state index contributed by atoms with van der Waals surface area (Å²) < 4.78 is 5.19. The highest BCUT2D eigenvalue weighted by atomic mass is 32.1. The molecule has 0 radical (unpaired) electrons. The molecule has 3 heterocycles. The van der Waals surface area contributed by atoms with Gasteiger partial charge in [0.1, 0.15) is 5.75 Å². The third kappa shape index (κ3) is 3.37. The Morgan fingerprint density at radius 2 is 2.14 bits per heavy atom. The van der Waals surface area contributed by atoms with Gasteiger partial charge in [0.05, 0.1) is 18.5 Å². The first kappa shape index (κ1) is 18.8. The number of nitrogens with zero attached hydrogens (tertiary/aromatic N) is 1. The molecule has 1 atom stereocenters. The van der Waals surface area contributed by atoms with Gasteiger partial charge in [-0.2, -0.15) is 0 Å². The van der Waals surface area contributed by atoms with Crippen molar-refractivity contribution in [2.24, 2.45) is 0 Å². The fourth-order valence-corrected chi connectivity index (χ4v) is 4.02. The zero-order chi connectivity index (χ0) is 20.6. The Labute approximate surface area is 171 Å². The highest BCUT2D eigenvalue weighted by molar-refractivity contribution is 7.13. The number of amides is 4. The van der Waals surface area contributed by atoms with E-state index in [9.17, 15) is 14.4 Å². The van der Waals surface area contributed by atoms with Crippen LogP contribution in [0.4, 0.5) is 4.79 Å². The smallest absolute Gasteiger partial charge is 0.323 e. The first-order valence-corrected chi connectivity index (χ1v) is 9.61. The summed E-state index contributed by atoms with van der Waals surface area (Å²) >= 11 is 1.42. The number of thiophene rings is 1. The van der Waals surface area contributed by atoms with E-state index in [1.807, 2.05) is 18.2 Å². The summed E-state index contributed by atoms with van der Waals surface area (Å²) in [5, 5.41) is 4.82. The molecule has 1 saturated heterocycles. The van der Waals surface area contributed by atoms with Gasteiger partial charge in [-0.15, -0.1) is 11.3 Å². The van der Waals surface area contributed by atoms with E-state index in [1.165, 1.54) is 23.3 Å². The topological polar surface area (TPSA) is 87.7 Å². The summed E-state index contributed by atoms with van der Waals surface area (Å²) in [4.78, 5) is 40.5. The standard InChI is InChI=1S/C21H17N3O4S/c1-3-15-6-7-16(29-15)8-9-21(19(26)22-20(27)23-21)12-24-11-13-4-5-14(28-2)10-17(13)18(24)25/h3-7,10H,1,11-12H2,2H3,(H2,22,23,26,27)/t21-/m1/s1. The van der Waals surface area contributed by atoms with Crippen molar-refractivity contribution in [3.63, 3.8) is 0 Å². The summed E-state index contributed by atoms with van der Waals surface area (Å²) in [5.41, 5.74) is -0.166. The average molecular weight is 407 g/mol. The van der Waals surface area contributed by atoms with Crippen LogP contribution in [0.1, 0.15) is 25.7 Å². The molecule has 0 spiro atoms. The lowest BCUT2D eigenvalue weighted by Gasteiger charge is -2.26. The van der Waals surface area contributed by atoms with Gasteiger partial charge >= 0.3 is 6.03 Å². The van der Waals surface area contributed by atoms with Crippen LogP contribution in [0.3, 0.4) is 0 Å². The van der Waals surface area contributed by atoms with Gasteiger partial charge in [0, 0.05) is 17.0 Å². The van der Waals surface area contributed by atoms with Gasteiger partial charge < -0.3 is 15.0 Å². The maximum absolute atomic E-state index is 12.9. The number of hydrogen-bond donors (Lipinski definition) is 2. The van der Waals surface area contributed by atoms with Gasteiger partial charge in [-0.05, 0) is 29.8 Å². The molecule has 0 unspecified atom stereocenters. The van der Waals surface area contributed by atoms with Gasteiger partial charge in [0.25, 0.3) is 11.8 Å². The van der Waals surface area contributed by atoms with Crippen LogP contribution >= 0.6 is 11.3 Å². The lowest BCUT2D eigenvalue weighted by molar-refractivity contribution is -0.122. The minimum absolute atomic E-state index is 0.0624. The zero-order valence-electron chi connectivity index (χ0n) is 15.6. The van der Waals surface area contributed by atoms with Crippen LogP contribution in [-0.2, 0) is 11.3 Å². The van der Waals surface area contributed by atoms with E-state index in [4.69, 9.17) is 4.74 Å². The average Bonchev–Trinajstić information content (AvgIpc) is 3.37. The van der Waals surface area contributed by atoms with Crippen LogP contribution in [0.15, 0.2) is 36.9 Å². The number of fused-ring (bicyclic) bond motifs is 1. The fourth-order valence-electron chi connectivity index (χ4n) is 3.31. The number of nitrogens with one attached hydrogen (secondary N) is 2. The predicted octanol–water partition coefficient (Wildman–Crippen LogP) is 1.99. The summed E-state index contributed by atoms with van der Waals surface area (Å²) in [6.07, 6.45) is 1.71. The Morgan fingerprint density at radius 3 is 2.79 bits per heavy atom. The number of benzene rings is 1. The quantitative estimate of drug-likeness (QED) is 0.599. The van der Waals surface area contributed by atoms with E-state index >= 15 is 0 Å². The zero-order valence-corrected chi connectivity index (χ0v) is 16.4. The van der Waals surface area contributed by atoms with Crippen LogP contribution < -0.4 is 15.4 Å². The highest BCUT2D eigenvalue weighted by Gasteiger charge is 2.48. The minimum Gasteiger partial charge on any atom is -0.497 e. The SMILES string of the molecule is C=Cc1ccc(C#C[C@]2(CN3Cc4ccc(OC)cc4C3=O)NC(=O)NC2=O)s1. The first-order valence-electron chi connectivity index (χ1n) is 8.79.